The second kappa shape index (κ2) is 6.60. The van der Waals surface area contributed by atoms with E-state index in [1.54, 1.807) is 0 Å². The molecule has 0 aromatic heterocycles. The van der Waals surface area contributed by atoms with Crippen LogP contribution in [0.25, 0.3) is 0 Å². The van der Waals surface area contributed by atoms with E-state index in [0.717, 1.165) is 0 Å². The van der Waals surface area contributed by atoms with Gasteiger partial charge in [0.2, 0.25) is 0 Å². The van der Waals surface area contributed by atoms with Gasteiger partial charge in [-0.05, 0) is 18.1 Å². The van der Waals surface area contributed by atoms with Crippen molar-refractivity contribution in [1.29, 1.82) is 0 Å². The van der Waals surface area contributed by atoms with Crippen molar-refractivity contribution in [1.82, 2.24) is 4.90 Å². The minimum absolute atomic E-state index is 0.136. The summed E-state index contributed by atoms with van der Waals surface area (Å²) in [5.74, 6) is 0. The zero-order chi connectivity index (χ0) is 10.3. The van der Waals surface area contributed by atoms with Gasteiger partial charge in [-0.1, -0.05) is 47.1 Å². The van der Waals surface area contributed by atoms with Crippen molar-refractivity contribution < 1.29 is 0 Å². The van der Waals surface area contributed by atoms with E-state index in [-0.39, 0.29) is 9.52 Å². The molecule has 0 aromatic rings. The quantitative estimate of drug-likeness (QED) is 0.572. The van der Waals surface area contributed by atoms with Crippen LogP contribution in [0, 0.1) is 0 Å². The van der Waals surface area contributed by atoms with Crippen molar-refractivity contribution in [2.45, 2.75) is 52.1 Å². The maximum absolute atomic E-state index is 2.56. The molecule has 0 N–H and O–H groups in total. The summed E-state index contributed by atoms with van der Waals surface area (Å²) in [5.41, 5.74) is 0. The second-order valence-electron chi connectivity index (χ2n) is 4.73. The smallest absolute Gasteiger partial charge is 0.0280 e. The van der Waals surface area contributed by atoms with Crippen molar-refractivity contribution in [3.05, 3.63) is 0 Å². The van der Waals surface area contributed by atoms with E-state index < -0.39 is 0 Å². The Labute approximate surface area is 86.7 Å². The minimum Gasteiger partial charge on any atom is -0.304 e. The van der Waals surface area contributed by atoms with Gasteiger partial charge in [0, 0.05) is 16.1 Å². The number of hydrogen-bond donors (Lipinski definition) is 0. The van der Waals surface area contributed by atoms with Gasteiger partial charge >= 0.3 is 0 Å². The summed E-state index contributed by atoms with van der Waals surface area (Å²) >= 11 is 0. The first-order valence-electron chi connectivity index (χ1n) is 5.78. The predicted molar refractivity (Wildman–Crippen MR) is 65.5 cm³/mol. The fourth-order valence-electron chi connectivity index (χ4n) is 1.79. The fraction of sp³-hybridized carbons (Fsp3) is 1.00. The molecular weight excluding hydrogens is 174 g/mol. The van der Waals surface area contributed by atoms with Crippen LogP contribution in [0.2, 0.25) is 11.1 Å². The Kier molecular flexibility index (Phi) is 6.69. The molecule has 0 radical (unpaired) electrons. The van der Waals surface area contributed by atoms with Crippen molar-refractivity contribution in [3.63, 3.8) is 0 Å². The van der Waals surface area contributed by atoms with Crippen LogP contribution >= 0.6 is 0 Å². The average molecular weight is 201 g/mol. The topological polar surface area (TPSA) is 3.24 Å². The summed E-state index contributed by atoms with van der Waals surface area (Å²) in [6.07, 6.45) is 1.38. The number of rotatable bonds is 7. The summed E-state index contributed by atoms with van der Waals surface area (Å²) in [6, 6.07) is 1.51. The van der Waals surface area contributed by atoms with E-state index in [0.29, 0.717) is 5.04 Å². The molecule has 0 spiro atoms. The Morgan fingerprint density at radius 3 is 2.00 bits per heavy atom. The molecule has 0 aliphatic heterocycles. The average Bonchev–Trinajstić information content (AvgIpc) is 2.11. The molecule has 0 amide bonds. The molecule has 80 valence electrons. The summed E-state index contributed by atoms with van der Waals surface area (Å²) in [6.45, 7) is 15.5. The summed E-state index contributed by atoms with van der Waals surface area (Å²) in [4.78, 5) is 2.56. The second-order valence-corrected chi connectivity index (χ2v) is 7.85. The molecule has 0 unspecified atom stereocenters. The van der Waals surface area contributed by atoms with E-state index in [4.69, 9.17) is 0 Å². The van der Waals surface area contributed by atoms with Gasteiger partial charge in [-0.2, -0.15) is 0 Å². The molecule has 0 rings (SSSR count). The van der Waals surface area contributed by atoms with Crippen LogP contribution < -0.4 is 0 Å². The summed E-state index contributed by atoms with van der Waals surface area (Å²) in [5, 5.41) is 0.641. The highest BCUT2D eigenvalue weighted by atomic mass is 28.2. The van der Waals surface area contributed by atoms with Gasteiger partial charge < -0.3 is 4.90 Å². The third-order valence-electron chi connectivity index (χ3n) is 2.75. The highest BCUT2D eigenvalue weighted by molar-refractivity contribution is 6.39. The minimum atomic E-state index is 0.136. The lowest BCUT2D eigenvalue weighted by atomic mass is 10.2. The molecule has 0 aliphatic carbocycles. The third-order valence-corrected chi connectivity index (χ3v) is 5.39. The van der Waals surface area contributed by atoms with Crippen molar-refractivity contribution >= 4 is 9.52 Å². The summed E-state index contributed by atoms with van der Waals surface area (Å²) < 4.78 is 0. The number of hydrogen-bond acceptors (Lipinski definition) is 1. The molecule has 0 bridgehead atoms. The van der Waals surface area contributed by atoms with Gasteiger partial charge in [0.25, 0.3) is 0 Å². The Bertz CT molecular complexity index is 119. The Hall–Kier alpha value is 0.177. The van der Waals surface area contributed by atoms with Gasteiger partial charge in [-0.25, -0.2) is 0 Å². The lowest BCUT2D eigenvalue weighted by molar-refractivity contribution is 0.275. The van der Waals surface area contributed by atoms with Crippen molar-refractivity contribution in [3.8, 4) is 0 Å². The molecule has 0 atom stereocenters. The molecule has 0 saturated heterocycles. The summed E-state index contributed by atoms with van der Waals surface area (Å²) in [7, 11) is 0.136. The standard InChI is InChI=1S/C11H27NSi/c1-6-9-13-11(4,5)10-12(7-2)8-3/h6-10,13H2,1-5H3. The van der Waals surface area contributed by atoms with Gasteiger partial charge in [0.1, 0.15) is 0 Å². The molecule has 13 heavy (non-hydrogen) atoms. The molecule has 1 nitrogen and oxygen atoms in total. The van der Waals surface area contributed by atoms with Crippen LogP contribution in [0.3, 0.4) is 0 Å². The Morgan fingerprint density at radius 1 is 1.08 bits per heavy atom. The lowest BCUT2D eigenvalue weighted by Crippen LogP contribution is -2.33. The van der Waals surface area contributed by atoms with E-state index >= 15 is 0 Å². The van der Waals surface area contributed by atoms with E-state index in [9.17, 15) is 0 Å². The first-order chi connectivity index (χ1) is 6.05. The van der Waals surface area contributed by atoms with E-state index in [2.05, 4.69) is 39.5 Å². The van der Waals surface area contributed by atoms with Crippen LogP contribution in [-0.4, -0.2) is 34.1 Å². The first kappa shape index (κ1) is 13.2. The van der Waals surface area contributed by atoms with Gasteiger partial charge in [0.15, 0.2) is 0 Å². The molecule has 0 saturated carbocycles. The van der Waals surface area contributed by atoms with Crippen LogP contribution in [-0.2, 0) is 0 Å². The fourth-order valence-corrected chi connectivity index (χ4v) is 3.57. The maximum Gasteiger partial charge on any atom is 0.0280 e. The highest BCUT2D eigenvalue weighted by Gasteiger charge is 2.19. The third kappa shape index (κ3) is 6.27. The first-order valence-corrected chi connectivity index (χ1v) is 7.48. The van der Waals surface area contributed by atoms with Crippen LogP contribution in [0.15, 0.2) is 0 Å². The van der Waals surface area contributed by atoms with Crippen LogP contribution in [0.4, 0.5) is 0 Å². The van der Waals surface area contributed by atoms with Gasteiger partial charge in [-0.3, -0.25) is 0 Å². The zero-order valence-corrected chi connectivity index (χ0v) is 11.6. The molecular formula is C11H27NSi. The normalized spacial score (nSPS) is 13.4. The maximum atomic E-state index is 2.56. The number of nitrogens with zero attached hydrogens (tertiary/aromatic N) is 1. The van der Waals surface area contributed by atoms with Crippen molar-refractivity contribution in [2.24, 2.45) is 0 Å². The predicted octanol–water partition coefficient (Wildman–Crippen LogP) is 2.52. The van der Waals surface area contributed by atoms with Crippen LogP contribution in [0.1, 0.15) is 41.0 Å². The van der Waals surface area contributed by atoms with Crippen molar-refractivity contribution in [2.75, 3.05) is 19.6 Å². The Morgan fingerprint density at radius 2 is 1.62 bits per heavy atom. The molecule has 0 aromatic carbocycles. The molecule has 0 fully saturated rings. The SMILES string of the molecule is CCC[SiH2]C(C)(C)CN(CC)CC. The largest absolute Gasteiger partial charge is 0.304 e. The monoisotopic (exact) mass is 201 g/mol. The molecule has 2 heteroatoms. The highest BCUT2D eigenvalue weighted by Crippen LogP contribution is 2.25. The molecule has 0 aliphatic rings. The van der Waals surface area contributed by atoms with Crippen LogP contribution in [0.5, 0.6) is 0 Å². The van der Waals surface area contributed by atoms with E-state index in [1.165, 1.54) is 32.1 Å². The van der Waals surface area contributed by atoms with Gasteiger partial charge in [0.05, 0.1) is 0 Å². The van der Waals surface area contributed by atoms with Gasteiger partial charge in [-0.15, -0.1) is 0 Å². The lowest BCUT2D eigenvalue weighted by Gasteiger charge is -2.31. The zero-order valence-electron chi connectivity index (χ0n) is 10.2. The van der Waals surface area contributed by atoms with E-state index in [1.807, 2.05) is 0 Å². The Balaban J connectivity index is 3.83. The molecule has 0 heterocycles.